The summed E-state index contributed by atoms with van der Waals surface area (Å²) in [5, 5.41) is 3.61. The highest BCUT2D eigenvalue weighted by Gasteiger charge is 2.12. The zero-order chi connectivity index (χ0) is 14.3. The molecule has 1 fully saturated rings. The van der Waals surface area contributed by atoms with Gasteiger partial charge in [0.15, 0.2) is 0 Å². The lowest BCUT2D eigenvalue weighted by molar-refractivity contribution is 0.334. The number of benzene rings is 1. The molecule has 3 rings (SSSR count). The smallest absolute Gasteiger partial charge is 0.134 e. The van der Waals surface area contributed by atoms with Crippen molar-refractivity contribution in [3.05, 3.63) is 48.2 Å². The summed E-state index contributed by atoms with van der Waals surface area (Å²) in [6.07, 6.45) is 10.2. The van der Waals surface area contributed by atoms with Gasteiger partial charge in [0.1, 0.15) is 5.76 Å². The Morgan fingerprint density at radius 2 is 1.86 bits per heavy atom. The molecule has 2 nitrogen and oxygen atoms in total. The van der Waals surface area contributed by atoms with Crippen molar-refractivity contribution >= 4 is 0 Å². The van der Waals surface area contributed by atoms with Crippen molar-refractivity contribution in [1.82, 2.24) is 5.32 Å². The molecule has 0 radical (unpaired) electrons. The second-order valence-electron chi connectivity index (χ2n) is 6.10. The van der Waals surface area contributed by atoms with E-state index in [9.17, 15) is 0 Å². The van der Waals surface area contributed by atoms with Crippen LogP contribution >= 0.6 is 0 Å². The van der Waals surface area contributed by atoms with E-state index in [0.717, 1.165) is 24.8 Å². The van der Waals surface area contributed by atoms with Crippen LogP contribution in [-0.4, -0.2) is 6.54 Å². The fourth-order valence-corrected chi connectivity index (χ4v) is 3.35. The largest absolute Gasteiger partial charge is 0.464 e. The van der Waals surface area contributed by atoms with Gasteiger partial charge in [-0.25, -0.2) is 0 Å². The molecule has 1 heterocycles. The quantitative estimate of drug-likeness (QED) is 0.754. The maximum atomic E-state index is 5.53. The maximum absolute atomic E-state index is 5.53. The van der Waals surface area contributed by atoms with Crippen LogP contribution in [0.5, 0.6) is 0 Å². The van der Waals surface area contributed by atoms with E-state index in [-0.39, 0.29) is 0 Å². The monoisotopic (exact) mass is 283 g/mol. The number of nitrogens with one attached hydrogen (secondary N) is 1. The molecule has 1 aliphatic rings. The Hall–Kier alpha value is -1.54. The minimum absolute atomic E-state index is 0.920. The second-order valence-corrected chi connectivity index (χ2v) is 6.10. The minimum atomic E-state index is 0.920. The minimum Gasteiger partial charge on any atom is -0.464 e. The Labute approximate surface area is 127 Å². The van der Waals surface area contributed by atoms with Crippen molar-refractivity contribution in [1.29, 1.82) is 0 Å². The zero-order valence-corrected chi connectivity index (χ0v) is 12.7. The number of hydrogen-bond acceptors (Lipinski definition) is 2. The molecular weight excluding hydrogens is 258 g/mol. The topological polar surface area (TPSA) is 25.2 Å². The predicted molar refractivity (Wildman–Crippen MR) is 87.0 cm³/mol. The van der Waals surface area contributed by atoms with Gasteiger partial charge >= 0.3 is 0 Å². The summed E-state index contributed by atoms with van der Waals surface area (Å²) >= 11 is 0. The third-order valence-corrected chi connectivity index (χ3v) is 4.57. The molecule has 21 heavy (non-hydrogen) atoms. The van der Waals surface area contributed by atoms with Crippen molar-refractivity contribution in [2.24, 2.45) is 5.92 Å². The van der Waals surface area contributed by atoms with Crippen LogP contribution in [0.1, 0.15) is 44.1 Å². The average molecular weight is 283 g/mol. The molecule has 0 spiro atoms. The molecule has 1 N–H and O–H groups in total. The Morgan fingerprint density at radius 3 is 2.67 bits per heavy atom. The van der Waals surface area contributed by atoms with Crippen LogP contribution in [0.2, 0.25) is 0 Å². The number of furan rings is 1. The van der Waals surface area contributed by atoms with Gasteiger partial charge < -0.3 is 9.73 Å². The van der Waals surface area contributed by atoms with E-state index in [4.69, 9.17) is 4.42 Å². The van der Waals surface area contributed by atoms with Gasteiger partial charge in [-0.15, -0.1) is 0 Å². The van der Waals surface area contributed by atoms with Gasteiger partial charge in [0, 0.05) is 12.1 Å². The Morgan fingerprint density at radius 1 is 1.00 bits per heavy atom. The summed E-state index contributed by atoms with van der Waals surface area (Å²) < 4.78 is 5.53. The highest BCUT2D eigenvalue weighted by molar-refractivity contribution is 5.61. The third-order valence-electron chi connectivity index (χ3n) is 4.57. The van der Waals surface area contributed by atoms with Crippen molar-refractivity contribution in [3.63, 3.8) is 0 Å². The van der Waals surface area contributed by atoms with Crippen LogP contribution < -0.4 is 5.32 Å². The molecule has 0 unspecified atom stereocenters. The molecule has 0 amide bonds. The fourth-order valence-electron chi connectivity index (χ4n) is 3.35. The molecule has 2 heteroatoms. The normalized spacial score (nSPS) is 16.2. The van der Waals surface area contributed by atoms with E-state index in [1.807, 2.05) is 12.1 Å². The molecule has 0 saturated heterocycles. The summed E-state index contributed by atoms with van der Waals surface area (Å²) in [5.74, 6) is 1.91. The van der Waals surface area contributed by atoms with E-state index in [1.165, 1.54) is 49.7 Å². The summed E-state index contributed by atoms with van der Waals surface area (Å²) in [6.45, 7) is 2.04. The molecule has 0 atom stereocenters. The van der Waals surface area contributed by atoms with Gasteiger partial charge in [-0.05, 0) is 36.6 Å². The molecule has 1 aromatic carbocycles. The van der Waals surface area contributed by atoms with Crippen molar-refractivity contribution < 1.29 is 4.42 Å². The van der Waals surface area contributed by atoms with Crippen LogP contribution in [0.3, 0.4) is 0 Å². The zero-order valence-electron chi connectivity index (χ0n) is 12.7. The first-order valence-corrected chi connectivity index (χ1v) is 8.26. The van der Waals surface area contributed by atoms with Gasteiger partial charge in [-0.3, -0.25) is 0 Å². The van der Waals surface area contributed by atoms with Crippen molar-refractivity contribution in [2.45, 2.75) is 45.1 Å². The first kappa shape index (κ1) is 14.4. The van der Waals surface area contributed by atoms with E-state index >= 15 is 0 Å². The maximum Gasteiger partial charge on any atom is 0.134 e. The average Bonchev–Trinajstić information content (AvgIpc) is 3.07. The first-order chi connectivity index (χ1) is 10.4. The van der Waals surface area contributed by atoms with Crippen LogP contribution in [0.25, 0.3) is 11.3 Å². The highest BCUT2D eigenvalue weighted by Crippen LogP contribution is 2.26. The lowest BCUT2D eigenvalue weighted by atomic mass is 9.87. The SMILES string of the molecule is c1coc(-c2ccccc2CNCCC2CCCCC2)c1. The first-order valence-electron chi connectivity index (χ1n) is 8.26. The van der Waals surface area contributed by atoms with Gasteiger partial charge in [0.05, 0.1) is 6.26 Å². The van der Waals surface area contributed by atoms with Crippen LogP contribution in [0.4, 0.5) is 0 Å². The van der Waals surface area contributed by atoms with E-state index in [0.29, 0.717) is 0 Å². The van der Waals surface area contributed by atoms with Gasteiger partial charge in [0.2, 0.25) is 0 Å². The van der Waals surface area contributed by atoms with E-state index in [2.05, 4.69) is 29.6 Å². The summed E-state index contributed by atoms with van der Waals surface area (Å²) in [5.41, 5.74) is 2.52. The highest BCUT2D eigenvalue weighted by atomic mass is 16.3. The molecule has 1 aromatic heterocycles. The van der Waals surface area contributed by atoms with Gasteiger partial charge in [-0.2, -0.15) is 0 Å². The third kappa shape index (κ3) is 3.98. The molecule has 2 aromatic rings. The molecule has 0 aliphatic heterocycles. The molecular formula is C19H25NO. The van der Waals surface area contributed by atoms with Crippen molar-refractivity contribution in [3.8, 4) is 11.3 Å². The standard InChI is InChI=1S/C19H25NO/c1-2-7-16(8-3-1)12-13-20-15-17-9-4-5-10-18(17)19-11-6-14-21-19/h4-6,9-11,14,16,20H,1-3,7-8,12-13,15H2. The van der Waals surface area contributed by atoms with Gasteiger partial charge in [0.25, 0.3) is 0 Å². The predicted octanol–water partition coefficient (Wildman–Crippen LogP) is 5.01. The number of rotatable bonds is 6. The Bertz CT molecular complexity index is 526. The number of hydrogen-bond donors (Lipinski definition) is 1. The second kappa shape index (κ2) is 7.46. The Balaban J connectivity index is 1.51. The van der Waals surface area contributed by atoms with Gasteiger partial charge in [-0.1, -0.05) is 56.4 Å². The summed E-state index contributed by atoms with van der Waals surface area (Å²) in [6, 6.07) is 12.5. The van der Waals surface area contributed by atoms with E-state index in [1.54, 1.807) is 6.26 Å². The van der Waals surface area contributed by atoms with Crippen LogP contribution in [-0.2, 0) is 6.54 Å². The lowest BCUT2D eigenvalue weighted by Crippen LogP contribution is -2.19. The molecule has 1 aliphatic carbocycles. The molecule has 1 saturated carbocycles. The molecule has 112 valence electrons. The lowest BCUT2D eigenvalue weighted by Gasteiger charge is -2.21. The van der Waals surface area contributed by atoms with Crippen LogP contribution in [0.15, 0.2) is 47.1 Å². The van der Waals surface area contributed by atoms with E-state index < -0.39 is 0 Å². The van der Waals surface area contributed by atoms with Crippen LogP contribution in [0, 0.1) is 5.92 Å². The fraction of sp³-hybridized carbons (Fsp3) is 0.474. The summed E-state index contributed by atoms with van der Waals surface area (Å²) in [7, 11) is 0. The molecule has 0 bridgehead atoms. The Kier molecular flexibility index (Phi) is 5.12. The summed E-state index contributed by atoms with van der Waals surface area (Å²) in [4.78, 5) is 0. The van der Waals surface area contributed by atoms with Crippen molar-refractivity contribution in [2.75, 3.05) is 6.54 Å².